The molecule has 6 nitrogen and oxygen atoms in total. The van der Waals surface area contributed by atoms with E-state index >= 15 is 0 Å². The first-order valence-electron chi connectivity index (χ1n) is 3.79. The first kappa shape index (κ1) is 11.4. The quantitative estimate of drug-likeness (QED) is 0.210. The van der Waals surface area contributed by atoms with Gasteiger partial charge in [-0.3, -0.25) is 0 Å². The van der Waals surface area contributed by atoms with Gasteiger partial charge in [0.1, 0.15) is 0 Å². The van der Waals surface area contributed by atoms with Crippen molar-refractivity contribution in [2.75, 3.05) is 13.2 Å². The average molecular weight is 188 g/mol. The van der Waals surface area contributed by atoms with Crippen molar-refractivity contribution in [3.63, 3.8) is 0 Å². The fourth-order valence-electron chi connectivity index (χ4n) is 0.588. The molecule has 0 aliphatic heterocycles. The van der Waals surface area contributed by atoms with Gasteiger partial charge in [-0.15, -0.1) is 0 Å². The summed E-state index contributed by atoms with van der Waals surface area (Å²) in [5.41, 5.74) is -0.524. The zero-order valence-corrected chi connectivity index (χ0v) is 7.57. The van der Waals surface area contributed by atoms with Crippen LogP contribution in [0.2, 0.25) is 0 Å². The highest BCUT2D eigenvalue weighted by Crippen LogP contribution is 1.88. The summed E-state index contributed by atoms with van der Waals surface area (Å²) < 4.78 is 9.02. The second-order valence-electron chi connectivity index (χ2n) is 1.92. The van der Waals surface area contributed by atoms with Gasteiger partial charge in [0.15, 0.2) is 0 Å². The molecule has 0 aromatic carbocycles. The molecular formula is C7H12N2O4. The molecule has 0 aliphatic rings. The van der Waals surface area contributed by atoms with E-state index in [4.69, 9.17) is 5.84 Å². The van der Waals surface area contributed by atoms with E-state index in [1.807, 2.05) is 0 Å². The van der Waals surface area contributed by atoms with Crippen LogP contribution in [0.1, 0.15) is 13.8 Å². The van der Waals surface area contributed by atoms with E-state index in [1.165, 1.54) is 0 Å². The topological polar surface area (TPSA) is 91.0 Å². The van der Waals surface area contributed by atoms with Crippen molar-refractivity contribution < 1.29 is 19.1 Å². The summed E-state index contributed by atoms with van der Waals surface area (Å²) in [5, 5.41) is 2.99. The van der Waals surface area contributed by atoms with Crippen LogP contribution in [0.25, 0.3) is 0 Å². The number of ether oxygens (including phenoxy) is 2. The van der Waals surface area contributed by atoms with Crippen LogP contribution in [0.4, 0.5) is 0 Å². The van der Waals surface area contributed by atoms with Gasteiger partial charge in [-0.2, -0.15) is 5.10 Å². The number of esters is 2. The van der Waals surface area contributed by atoms with Gasteiger partial charge >= 0.3 is 11.9 Å². The molecule has 13 heavy (non-hydrogen) atoms. The molecule has 0 fully saturated rings. The van der Waals surface area contributed by atoms with E-state index in [0.29, 0.717) is 0 Å². The number of rotatable bonds is 4. The second kappa shape index (κ2) is 5.99. The molecule has 0 radical (unpaired) electrons. The maximum atomic E-state index is 11.0. The van der Waals surface area contributed by atoms with Crippen LogP contribution in [-0.4, -0.2) is 30.9 Å². The zero-order valence-electron chi connectivity index (χ0n) is 7.57. The van der Waals surface area contributed by atoms with Crippen LogP contribution >= 0.6 is 0 Å². The molecular weight excluding hydrogens is 176 g/mol. The van der Waals surface area contributed by atoms with Crippen molar-refractivity contribution in [2.45, 2.75) is 13.8 Å². The molecule has 74 valence electrons. The molecule has 0 aromatic rings. The van der Waals surface area contributed by atoms with E-state index < -0.39 is 17.7 Å². The van der Waals surface area contributed by atoms with E-state index in [0.717, 1.165) is 0 Å². The lowest BCUT2D eigenvalue weighted by Gasteiger charge is -2.03. The molecule has 0 aromatic heterocycles. The standard InChI is InChI=1S/C7H12N2O4/c1-3-12-6(10)5(9-8)7(11)13-4-2/h3-4,8H2,1-2H3. The predicted molar refractivity (Wildman–Crippen MR) is 44.9 cm³/mol. The Morgan fingerprint density at radius 1 is 1.15 bits per heavy atom. The molecule has 0 amide bonds. The minimum absolute atomic E-state index is 0.150. The molecule has 0 bridgehead atoms. The Kier molecular flexibility index (Phi) is 5.25. The van der Waals surface area contributed by atoms with Gasteiger partial charge in [-0.25, -0.2) is 9.59 Å². The van der Waals surface area contributed by atoms with Crippen LogP contribution in [0.15, 0.2) is 5.10 Å². The Morgan fingerprint density at radius 2 is 1.54 bits per heavy atom. The van der Waals surface area contributed by atoms with Gasteiger partial charge in [0.25, 0.3) is 5.71 Å². The van der Waals surface area contributed by atoms with Gasteiger partial charge in [0.05, 0.1) is 13.2 Å². The highest BCUT2D eigenvalue weighted by Gasteiger charge is 2.22. The molecule has 0 atom stereocenters. The normalized spacial score (nSPS) is 8.77. The fourth-order valence-corrected chi connectivity index (χ4v) is 0.588. The van der Waals surface area contributed by atoms with Crippen LogP contribution < -0.4 is 5.84 Å². The molecule has 0 spiro atoms. The number of hydrogen-bond acceptors (Lipinski definition) is 6. The maximum Gasteiger partial charge on any atom is 0.366 e. The minimum atomic E-state index is -0.872. The number of hydrazone groups is 1. The summed E-state index contributed by atoms with van der Waals surface area (Å²) in [6, 6.07) is 0. The first-order valence-corrected chi connectivity index (χ1v) is 3.79. The highest BCUT2D eigenvalue weighted by atomic mass is 16.6. The highest BCUT2D eigenvalue weighted by molar-refractivity contribution is 6.62. The number of nitrogens with two attached hydrogens (primary N) is 1. The van der Waals surface area contributed by atoms with Crippen molar-refractivity contribution in [3.05, 3.63) is 0 Å². The lowest BCUT2D eigenvalue weighted by molar-refractivity contribution is -0.140. The monoisotopic (exact) mass is 188 g/mol. The molecule has 0 saturated carbocycles. The Morgan fingerprint density at radius 3 is 1.77 bits per heavy atom. The summed E-state index contributed by atoms with van der Waals surface area (Å²) in [6.07, 6.45) is 0. The van der Waals surface area contributed by atoms with Gasteiger partial charge in [-0.05, 0) is 13.8 Å². The summed E-state index contributed by atoms with van der Waals surface area (Å²) in [5.74, 6) is 3.08. The van der Waals surface area contributed by atoms with Gasteiger partial charge < -0.3 is 15.3 Å². The number of carbonyl (C=O) groups excluding carboxylic acids is 2. The van der Waals surface area contributed by atoms with E-state index in [9.17, 15) is 9.59 Å². The first-order chi connectivity index (χ1) is 6.17. The predicted octanol–water partition coefficient (Wildman–Crippen LogP) is -0.573. The van der Waals surface area contributed by atoms with Gasteiger partial charge in [0.2, 0.25) is 0 Å². The summed E-state index contributed by atoms with van der Waals surface area (Å²) in [4.78, 5) is 21.9. The molecule has 0 saturated heterocycles. The third kappa shape index (κ3) is 3.55. The average Bonchev–Trinajstić information content (AvgIpc) is 2.06. The summed E-state index contributed by atoms with van der Waals surface area (Å²) in [6.45, 7) is 3.52. The van der Waals surface area contributed by atoms with Crippen LogP contribution in [-0.2, 0) is 19.1 Å². The van der Waals surface area contributed by atoms with Crippen LogP contribution in [0.5, 0.6) is 0 Å². The molecule has 0 aliphatic carbocycles. The smallest absolute Gasteiger partial charge is 0.366 e. The third-order valence-corrected chi connectivity index (χ3v) is 1.07. The van der Waals surface area contributed by atoms with E-state index in [-0.39, 0.29) is 13.2 Å². The number of carbonyl (C=O) groups is 2. The molecule has 0 unspecified atom stereocenters. The van der Waals surface area contributed by atoms with E-state index in [1.54, 1.807) is 13.8 Å². The minimum Gasteiger partial charge on any atom is -0.461 e. The van der Waals surface area contributed by atoms with Crippen molar-refractivity contribution in [1.29, 1.82) is 0 Å². The fraction of sp³-hybridized carbons (Fsp3) is 0.571. The second-order valence-corrected chi connectivity index (χ2v) is 1.92. The lowest BCUT2D eigenvalue weighted by Crippen LogP contribution is -2.29. The van der Waals surface area contributed by atoms with E-state index in [2.05, 4.69) is 14.6 Å². The zero-order chi connectivity index (χ0) is 10.3. The lowest BCUT2D eigenvalue weighted by atomic mass is 10.4. The van der Waals surface area contributed by atoms with Crippen molar-refractivity contribution in [1.82, 2.24) is 0 Å². The number of nitrogens with zero attached hydrogens (tertiary/aromatic N) is 1. The molecule has 0 heterocycles. The van der Waals surface area contributed by atoms with Crippen molar-refractivity contribution >= 4 is 17.7 Å². The largest absolute Gasteiger partial charge is 0.461 e. The molecule has 0 rings (SSSR count). The van der Waals surface area contributed by atoms with Crippen LogP contribution in [0.3, 0.4) is 0 Å². The Bertz CT molecular complexity index is 205. The van der Waals surface area contributed by atoms with Crippen LogP contribution in [0, 0.1) is 0 Å². The Balaban J connectivity index is 4.35. The third-order valence-electron chi connectivity index (χ3n) is 1.07. The van der Waals surface area contributed by atoms with Gasteiger partial charge in [0, 0.05) is 0 Å². The van der Waals surface area contributed by atoms with Crippen molar-refractivity contribution in [2.24, 2.45) is 10.9 Å². The van der Waals surface area contributed by atoms with Crippen molar-refractivity contribution in [3.8, 4) is 0 Å². The molecule has 2 N–H and O–H groups in total. The Hall–Kier alpha value is -1.59. The SMILES string of the molecule is CCOC(=O)C(=NN)C(=O)OCC. The maximum absolute atomic E-state index is 11.0. The Labute approximate surface area is 75.7 Å². The molecule has 6 heteroatoms. The number of hydrogen-bond donors (Lipinski definition) is 1. The summed E-state index contributed by atoms with van der Waals surface area (Å²) in [7, 11) is 0. The van der Waals surface area contributed by atoms with Gasteiger partial charge in [-0.1, -0.05) is 0 Å². The summed E-state index contributed by atoms with van der Waals surface area (Å²) >= 11 is 0.